The lowest BCUT2D eigenvalue weighted by molar-refractivity contribution is -0.00280. The Balaban J connectivity index is 1.68. The lowest BCUT2D eigenvalue weighted by Gasteiger charge is -2.37. The van der Waals surface area contributed by atoms with Crippen molar-refractivity contribution in [2.75, 3.05) is 25.4 Å². The molecule has 2 fully saturated rings. The number of ether oxygens (including phenoxy) is 1. The van der Waals surface area contributed by atoms with Gasteiger partial charge in [-0.2, -0.15) is 0 Å². The number of urea groups is 1. The van der Waals surface area contributed by atoms with Crippen molar-refractivity contribution in [3.8, 4) is 0 Å². The molecule has 0 bridgehead atoms. The molecule has 0 unspecified atom stereocenters. The number of nitrogens with zero attached hydrogens (tertiary/aromatic N) is 1. The maximum absolute atomic E-state index is 12.2. The van der Waals surface area contributed by atoms with E-state index in [-0.39, 0.29) is 17.3 Å². The molecule has 2 rings (SSSR count). The monoisotopic (exact) mass is 330 g/mol. The molecule has 1 saturated carbocycles. The van der Waals surface area contributed by atoms with Crippen LogP contribution in [0, 0.1) is 5.92 Å². The zero-order valence-corrected chi connectivity index (χ0v) is 14.9. The normalized spacial score (nSPS) is 36.1. The van der Waals surface area contributed by atoms with Gasteiger partial charge >= 0.3 is 6.03 Å². The number of hydrogen-bond acceptors (Lipinski definition) is 3. The summed E-state index contributed by atoms with van der Waals surface area (Å²) in [6, 6.07) is -0.0368. The van der Waals surface area contributed by atoms with Crippen molar-refractivity contribution in [3.05, 3.63) is 0 Å². The predicted octanol–water partition coefficient (Wildman–Crippen LogP) is 2.13. The van der Waals surface area contributed by atoms with Crippen molar-refractivity contribution in [2.24, 2.45) is 5.92 Å². The second kappa shape index (κ2) is 8.29. The molecule has 1 aliphatic heterocycles. The van der Waals surface area contributed by atoms with Crippen LogP contribution in [0.15, 0.2) is 0 Å². The van der Waals surface area contributed by atoms with Gasteiger partial charge in [-0.25, -0.2) is 4.79 Å². The predicted molar refractivity (Wildman–Crippen MR) is 89.4 cm³/mol. The van der Waals surface area contributed by atoms with E-state index in [0.29, 0.717) is 37.5 Å². The molecule has 22 heavy (non-hydrogen) atoms. The molecule has 1 aliphatic carbocycles. The third kappa shape index (κ3) is 4.44. The summed E-state index contributed by atoms with van der Waals surface area (Å²) in [6.45, 7) is 7.87. The van der Waals surface area contributed by atoms with Crippen molar-refractivity contribution in [1.29, 1.82) is 0 Å². The first-order valence-corrected chi connectivity index (χ1v) is 9.92. The van der Waals surface area contributed by atoms with Gasteiger partial charge in [0.2, 0.25) is 0 Å². The summed E-state index contributed by atoms with van der Waals surface area (Å²) in [7, 11) is -0.813. The highest BCUT2D eigenvalue weighted by atomic mass is 32.2. The minimum atomic E-state index is -0.813. The molecule has 6 heteroatoms. The average molecular weight is 330 g/mol. The Morgan fingerprint density at radius 1 is 1.27 bits per heavy atom. The van der Waals surface area contributed by atoms with Crippen LogP contribution in [-0.4, -0.2) is 58.0 Å². The summed E-state index contributed by atoms with van der Waals surface area (Å²) in [6.07, 6.45) is 5.30. The van der Waals surface area contributed by atoms with Crippen LogP contribution in [0.5, 0.6) is 0 Å². The van der Waals surface area contributed by atoms with Gasteiger partial charge in [-0.3, -0.25) is 4.21 Å². The summed E-state index contributed by atoms with van der Waals surface area (Å²) in [5.41, 5.74) is 0. The Labute approximate surface area is 136 Å². The fraction of sp³-hybridized carbons (Fsp3) is 0.938. The number of carbonyl (C=O) groups excluding carboxylic acids is 1. The Hall–Kier alpha value is -0.620. The van der Waals surface area contributed by atoms with Crippen molar-refractivity contribution in [3.63, 3.8) is 0 Å². The second-order valence-corrected chi connectivity index (χ2v) is 8.54. The number of carbonyl (C=O) groups is 1. The molecule has 0 radical (unpaired) electrons. The molecule has 2 amide bonds. The fourth-order valence-electron chi connectivity index (χ4n) is 3.34. The molecular formula is C16H30N2O3S. The second-order valence-electron chi connectivity index (χ2n) is 6.63. The Morgan fingerprint density at radius 2 is 2.00 bits per heavy atom. The summed E-state index contributed by atoms with van der Waals surface area (Å²) in [5.74, 6) is 1.21. The largest absolute Gasteiger partial charge is 0.376 e. The molecule has 0 aromatic carbocycles. The molecule has 1 heterocycles. The average Bonchev–Trinajstić information content (AvgIpc) is 2.50. The molecule has 1 N–H and O–H groups in total. The Kier molecular flexibility index (Phi) is 6.68. The molecule has 5 nitrogen and oxygen atoms in total. The van der Waals surface area contributed by atoms with Crippen molar-refractivity contribution in [1.82, 2.24) is 10.2 Å². The molecule has 0 aromatic heterocycles. The lowest BCUT2D eigenvalue weighted by atomic mass is 9.88. The van der Waals surface area contributed by atoms with E-state index in [1.807, 2.05) is 13.8 Å². The van der Waals surface area contributed by atoms with E-state index in [4.69, 9.17) is 4.74 Å². The van der Waals surface area contributed by atoms with Gasteiger partial charge in [0.05, 0.1) is 18.0 Å². The van der Waals surface area contributed by atoms with Gasteiger partial charge in [0.1, 0.15) is 0 Å². The molecule has 5 atom stereocenters. The van der Waals surface area contributed by atoms with Crippen LogP contribution in [0.3, 0.4) is 0 Å². The van der Waals surface area contributed by atoms with Gasteiger partial charge in [-0.05, 0) is 32.6 Å². The van der Waals surface area contributed by atoms with E-state index in [0.717, 1.165) is 6.42 Å². The van der Waals surface area contributed by atoms with Gasteiger partial charge in [0, 0.05) is 35.7 Å². The van der Waals surface area contributed by atoms with E-state index in [9.17, 15) is 9.00 Å². The van der Waals surface area contributed by atoms with E-state index in [1.54, 1.807) is 4.90 Å². The molecule has 0 aromatic rings. The Morgan fingerprint density at radius 3 is 2.73 bits per heavy atom. The van der Waals surface area contributed by atoms with Crippen LogP contribution in [0.4, 0.5) is 4.79 Å². The van der Waals surface area contributed by atoms with Crippen LogP contribution in [0.2, 0.25) is 0 Å². The molecular weight excluding hydrogens is 300 g/mol. The van der Waals surface area contributed by atoms with E-state index < -0.39 is 10.8 Å². The van der Waals surface area contributed by atoms with Crippen LogP contribution in [0.1, 0.15) is 46.5 Å². The molecule has 1 saturated heterocycles. The van der Waals surface area contributed by atoms with Crippen molar-refractivity contribution < 1.29 is 13.7 Å². The first-order valence-electron chi connectivity index (χ1n) is 8.54. The summed E-state index contributed by atoms with van der Waals surface area (Å²) >= 11 is 0. The zero-order valence-electron chi connectivity index (χ0n) is 14.0. The van der Waals surface area contributed by atoms with Crippen molar-refractivity contribution in [2.45, 2.75) is 63.9 Å². The standard InChI is InChI=1S/C16H30N2O3S/c1-12-6-4-5-7-15(12)21-10-8-17-16(19)18-9-11-22(20)14(3)13(18)2/h12-15H,4-11H2,1-3H3,(H,17,19)/t12-,13+,14-,15+,22-/m1/s1. The van der Waals surface area contributed by atoms with Crippen LogP contribution >= 0.6 is 0 Å². The Bertz CT molecular complexity index is 405. The molecule has 128 valence electrons. The molecule has 2 aliphatic rings. The minimum absolute atomic E-state index is 0.0221. The smallest absolute Gasteiger partial charge is 0.317 e. The summed E-state index contributed by atoms with van der Waals surface area (Å²) in [5, 5.41) is 2.98. The van der Waals surface area contributed by atoms with E-state index in [2.05, 4.69) is 12.2 Å². The third-order valence-electron chi connectivity index (χ3n) is 5.12. The minimum Gasteiger partial charge on any atom is -0.376 e. The molecule has 0 spiro atoms. The van der Waals surface area contributed by atoms with Crippen LogP contribution in [-0.2, 0) is 15.5 Å². The van der Waals surface area contributed by atoms with Crippen LogP contribution < -0.4 is 5.32 Å². The quantitative estimate of drug-likeness (QED) is 0.804. The maximum Gasteiger partial charge on any atom is 0.317 e. The van der Waals surface area contributed by atoms with Gasteiger partial charge in [-0.1, -0.05) is 19.8 Å². The topological polar surface area (TPSA) is 58.6 Å². The first-order chi connectivity index (χ1) is 10.5. The summed E-state index contributed by atoms with van der Waals surface area (Å²) < 4.78 is 17.7. The number of amides is 2. The van der Waals surface area contributed by atoms with Gasteiger partial charge < -0.3 is 15.0 Å². The number of nitrogens with one attached hydrogen (secondary N) is 1. The maximum atomic E-state index is 12.2. The fourth-order valence-corrected chi connectivity index (χ4v) is 4.67. The highest BCUT2D eigenvalue weighted by Crippen LogP contribution is 2.26. The van der Waals surface area contributed by atoms with Crippen molar-refractivity contribution >= 4 is 16.8 Å². The SMILES string of the molecule is C[C@@H]1CCCC[C@@H]1OCCNC(=O)N1CC[S@@](=O)[C@H](C)[C@@H]1C. The van der Waals surface area contributed by atoms with Gasteiger partial charge in [-0.15, -0.1) is 0 Å². The van der Waals surface area contributed by atoms with Crippen LogP contribution in [0.25, 0.3) is 0 Å². The van der Waals surface area contributed by atoms with E-state index >= 15 is 0 Å². The van der Waals surface area contributed by atoms with Gasteiger partial charge in [0.25, 0.3) is 0 Å². The first kappa shape index (κ1) is 17.7. The van der Waals surface area contributed by atoms with E-state index in [1.165, 1.54) is 19.3 Å². The summed E-state index contributed by atoms with van der Waals surface area (Å²) in [4.78, 5) is 14.0. The highest BCUT2D eigenvalue weighted by molar-refractivity contribution is 7.85. The lowest BCUT2D eigenvalue weighted by Crippen LogP contribution is -2.55. The number of hydrogen-bond donors (Lipinski definition) is 1. The number of rotatable bonds is 4. The third-order valence-corrected chi connectivity index (χ3v) is 6.93. The zero-order chi connectivity index (χ0) is 16.1. The highest BCUT2D eigenvalue weighted by Gasteiger charge is 2.32. The van der Waals surface area contributed by atoms with Gasteiger partial charge in [0.15, 0.2) is 0 Å².